The van der Waals surface area contributed by atoms with Crippen LogP contribution < -0.4 is 5.32 Å². The highest BCUT2D eigenvalue weighted by Gasteiger charge is 2.53. The van der Waals surface area contributed by atoms with Gasteiger partial charge in [-0.15, -0.1) is 0 Å². The van der Waals surface area contributed by atoms with E-state index in [1.807, 2.05) is 0 Å². The van der Waals surface area contributed by atoms with Crippen molar-refractivity contribution in [2.75, 3.05) is 13.1 Å². The molecule has 1 aromatic carbocycles. The number of alkyl carbamates (subject to hydrolysis) is 1. The number of carbonyl (C=O) groups excluding carboxylic acids is 3. The number of nitro groups is 1. The monoisotopic (exact) mass is 422 g/mol. The van der Waals surface area contributed by atoms with Gasteiger partial charge in [0.1, 0.15) is 24.8 Å². The van der Waals surface area contributed by atoms with Crippen LogP contribution in [0.2, 0.25) is 0 Å². The van der Waals surface area contributed by atoms with E-state index in [0.717, 1.165) is 0 Å². The van der Waals surface area contributed by atoms with Gasteiger partial charge >= 0.3 is 18.1 Å². The van der Waals surface area contributed by atoms with E-state index in [1.54, 1.807) is 27.7 Å². The second-order valence-electron chi connectivity index (χ2n) is 8.31. The lowest BCUT2D eigenvalue weighted by Gasteiger charge is -2.31. The molecule has 1 aliphatic heterocycles. The average molecular weight is 422 g/mol. The van der Waals surface area contributed by atoms with Gasteiger partial charge < -0.3 is 14.8 Å². The summed E-state index contributed by atoms with van der Waals surface area (Å²) in [6.45, 7) is 6.74. The number of non-ortho nitro benzene ring substituents is 1. The molecule has 0 aliphatic carbocycles. The second-order valence-corrected chi connectivity index (χ2v) is 8.31. The van der Waals surface area contributed by atoms with Crippen molar-refractivity contribution < 1.29 is 33.3 Å². The van der Waals surface area contributed by atoms with Gasteiger partial charge in [0, 0.05) is 25.0 Å². The smallest absolute Gasteiger partial charge is 0.444 e. The molecule has 1 heterocycles. The van der Waals surface area contributed by atoms with Crippen molar-refractivity contribution in [1.29, 1.82) is 0 Å². The summed E-state index contributed by atoms with van der Waals surface area (Å²) < 4.78 is 10.0. The fraction of sp³-hybridized carbons (Fsp3) is 0.550. The third-order valence-electron chi connectivity index (χ3n) is 4.95. The maximum absolute atomic E-state index is 12.9. The molecule has 0 radical (unpaired) electrons. The molecule has 1 unspecified atom stereocenters. The van der Waals surface area contributed by atoms with Crippen LogP contribution in [-0.4, -0.2) is 52.2 Å². The molecule has 0 aromatic heterocycles. The second kappa shape index (κ2) is 9.21. The molecule has 0 saturated carbocycles. The van der Waals surface area contributed by atoms with Crippen molar-refractivity contribution in [3.63, 3.8) is 0 Å². The minimum atomic E-state index is -0.736. The Balaban J connectivity index is 2.04. The van der Waals surface area contributed by atoms with E-state index in [-0.39, 0.29) is 31.4 Å². The zero-order valence-electron chi connectivity index (χ0n) is 17.7. The van der Waals surface area contributed by atoms with Crippen LogP contribution in [-0.2, 0) is 20.9 Å². The minimum Gasteiger partial charge on any atom is -0.444 e. The SMILES string of the molecule is C[C@@H]1CCC[N+]1(C(=O)CNC(=O)OC(C)(C)C)C(=O)OCc1ccc([N+](=O)[O-])cc1. The standard InChI is InChI=1S/C20H27N3O7/c1-14-6-5-11-23(14,17(24)12-21-18(25)30-20(2,3)4)19(26)29-13-15-7-9-16(10-8-15)22(27)28/h7-10,14H,5-6,11-13H2,1-4H3/p+1/t14-,23?/m1/s1. The zero-order valence-corrected chi connectivity index (χ0v) is 17.7. The Morgan fingerprint density at radius 2 is 1.87 bits per heavy atom. The number of carbonyl (C=O) groups is 3. The first-order valence-electron chi connectivity index (χ1n) is 9.74. The fourth-order valence-electron chi connectivity index (χ4n) is 3.40. The number of benzene rings is 1. The van der Waals surface area contributed by atoms with Crippen LogP contribution in [0, 0.1) is 10.1 Å². The summed E-state index contributed by atoms with van der Waals surface area (Å²) in [7, 11) is 0. The van der Waals surface area contributed by atoms with Gasteiger partial charge in [-0.25, -0.2) is 9.59 Å². The number of nitrogens with zero attached hydrogens (tertiary/aromatic N) is 2. The molecule has 30 heavy (non-hydrogen) atoms. The van der Waals surface area contributed by atoms with Gasteiger partial charge in [-0.3, -0.25) is 10.1 Å². The molecule has 0 spiro atoms. The van der Waals surface area contributed by atoms with E-state index in [1.165, 1.54) is 24.3 Å². The van der Waals surface area contributed by atoms with E-state index in [2.05, 4.69) is 5.32 Å². The van der Waals surface area contributed by atoms with Gasteiger partial charge in [0.15, 0.2) is 0 Å². The number of hydrogen-bond donors (Lipinski definition) is 1. The Bertz CT molecular complexity index is 817. The molecule has 2 atom stereocenters. The summed E-state index contributed by atoms with van der Waals surface area (Å²) in [6.07, 6.45) is -0.0917. The van der Waals surface area contributed by atoms with Gasteiger partial charge in [0.05, 0.1) is 11.5 Å². The molecule has 1 fully saturated rings. The number of ether oxygens (including phenoxy) is 2. The fourth-order valence-corrected chi connectivity index (χ4v) is 3.40. The maximum atomic E-state index is 12.9. The highest BCUT2D eigenvalue weighted by Crippen LogP contribution is 2.29. The van der Waals surface area contributed by atoms with Gasteiger partial charge in [-0.05, 0) is 45.4 Å². The Kier molecular flexibility index (Phi) is 7.14. The van der Waals surface area contributed by atoms with Crippen molar-refractivity contribution in [1.82, 2.24) is 5.32 Å². The van der Waals surface area contributed by atoms with E-state index < -0.39 is 33.1 Å². The van der Waals surface area contributed by atoms with Gasteiger partial charge in [-0.1, -0.05) is 0 Å². The Hall–Kier alpha value is -3.01. The molecule has 164 valence electrons. The predicted octanol–water partition coefficient (Wildman–Crippen LogP) is 3.28. The summed E-state index contributed by atoms with van der Waals surface area (Å²) in [4.78, 5) is 47.9. The molecule has 0 bridgehead atoms. The van der Waals surface area contributed by atoms with Crippen molar-refractivity contribution >= 4 is 23.8 Å². The first-order valence-corrected chi connectivity index (χ1v) is 9.74. The molecule has 10 nitrogen and oxygen atoms in total. The number of quaternary nitrogens is 1. The third-order valence-corrected chi connectivity index (χ3v) is 4.95. The molecule has 1 N–H and O–H groups in total. The lowest BCUT2D eigenvalue weighted by atomic mass is 10.2. The van der Waals surface area contributed by atoms with E-state index >= 15 is 0 Å². The largest absolute Gasteiger partial charge is 0.524 e. The molecule has 10 heteroatoms. The number of nitro benzene ring substituents is 1. The van der Waals surface area contributed by atoms with E-state index in [0.29, 0.717) is 18.4 Å². The van der Waals surface area contributed by atoms with Gasteiger partial charge in [0.2, 0.25) is 0 Å². The summed E-state index contributed by atoms with van der Waals surface area (Å²) in [6, 6.07) is 5.34. The van der Waals surface area contributed by atoms with Crippen LogP contribution in [0.1, 0.15) is 46.1 Å². The van der Waals surface area contributed by atoms with E-state index in [4.69, 9.17) is 9.47 Å². The molecule has 3 amide bonds. The summed E-state index contributed by atoms with van der Waals surface area (Å²) >= 11 is 0. The summed E-state index contributed by atoms with van der Waals surface area (Å²) in [5.41, 5.74) is -0.201. The third kappa shape index (κ3) is 5.53. The summed E-state index contributed by atoms with van der Waals surface area (Å²) in [5.74, 6) is -0.473. The Morgan fingerprint density at radius 1 is 1.23 bits per heavy atom. The number of rotatable bonds is 5. The lowest BCUT2D eigenvalue weighted by molar-refractivity contribution is -0.792. The highest BCUT2D eigenvalue weighted by atomic mass is 16.6. The maximum Gasteiger partial charge on any atom is 0.524 e. The molecular formula is C20H28N3O7+. The van der Waals surface area contributed by atoms with Crippen LogP contribution in [0.25, 0.3) is 0 Å². The zero-order chi connectivity index (χ0) is 22.5. The number of imide groups is 1. The van der Waals surface area contributed by atoms with Crippen LogP contribution in [0.15, 0.2) is 24.3 Å². The topological polar surface area (TPSA) is 125 Å². The van der Waals surface area contributed by atoms with Gasteiger partial charge in [0.25, 0.3) is 5.69 Å². The highest BCUT2D eigenvalue weighted by molar-refractivity contribution is 5.85. The van der Waals surface area contributed by atoms with Crippen molar-refractivity contribution in [3.8, 4) is 0 Å². The molecule has 2 rings (SSSR count). The van der Waals surface area contributed by atoms with Crippen molar-refractivity contribution in [3.05, 3.63) is 39.9 Å². The number of hydrogen-bond acceptors (Lipinski definition) is 7. The van der Waals surface area contributed by atoms with E-state index in [9.17, 15) is 24.5 Å². The van der Waals surface area contributed by atoms with Crippen LogP contribution >= 0.6 is 0 Å². The predicted molar refractivity (Wildman–Crippen MR) is 106 cm³/mol. The number of nitrogens with one attached hydrogen (secondary N) is 1. The summed E-state index contributed by atoms with van der Waals surface area (Å²) in [5, 5.41) is 13.1. The Labute approximate surface area is 174 Å². The van der Waals surface area contributed by atoms with Gasteiger partial charge in [-0.2, -0.15) is 9.28 Å². The van der Waals surface area contributed by atoms with Crippen LogP contribution in [0.4, 0.5) is 15.3 Å². The number of likely N-dealkylation sites (tertiary alicyclic amines) is 1. The van der Waals surface area contributed by atoms with Crippen LogP contribution in [0.5, 0.6) is 0 Å². The molecule has 1 aliphatic rings. The number of amides is 3. The minimum absolute atomic E-state index is 0.0647. The van der Waals surface area contributed by atoms with Crippen molar-refractivity contribution in [2.45, 2.75) is 58.8 Å². The average Bonchev–Trinajstić information content (AvgIpc) is 3.05. The lowest BCUT2D eigenvalue weighted by Crippen LogP contribution is -2.61. The molecule has 1 aromatic rings. The first kappa shape index (κ1) is 23.3. The normalized spacial score (nSPS) is 21.0. The quantitative estimate of drug-likeness (QED) is 0.438. The molecular weight excluding hydrogens is 394 g/mol. The molecule has 1 saturated heterocycles. The Morgan fingerprint density at radius 3 is 2.37 bits per heavy atom. The first-order chi connectivity index (χ1) is 14.0. The van der Waals surface area contributed by atoms with Crippen molar-refractivity contribution in [2.24, 2.45) is 0 Å². The van der Waals surface area contributed by atoms with Crippen LogP contribution in [0.3, 0.4) is 0 Å².